The van der Waals surface area contributed by atoms with E-state index in [-0.39, 0.29) is 0 Å². The molecule has 0 saturated carbocycles. The van der Waals surface area contributed by atoms with Crippen molar-refractivity contribution < 1.29 is 0 Å². The van der Waals surface area contributed by atoms with Crippen LogP contribution in [0.1, 0.15) is 19.3 Å². The smallest absolute Gasteiger partial charge is 0.0143 e. The van der Waals surface area contributed by atoms with Gasteiger partial charge in [0.25, 0.3) is 0 Å². The highest BCUT2D eigenvalue weighted by Crippen LogP contribution is 2.06. The molecule has 1 fully saturated rings. The zero-order valence-electron chi connectivity index (χ0n) is 4.54. The molecule has 0 spiro atoms. The van der Waals surface area contributed by atoms with Crippen LogP contribution < -0.4 is 5.32 Å². The van der Waals surface area contributed by atoms with Gasteiger partial charge >= 0.3 is 0 Å². The quantitative estimate of drug-likeness (QED) is 0.480. The average Bonchev–Trinajstić information content (AvgIpc) is 1.69. The minimum atomic E-state index is 1.14. The first-order chi connectivity index (χ1) is 3.39. The Morgan fingerprint density at radius 3 is 2.57 bits per heavy atom. The van der Waals surface area contributed by atoms with Gasteiger partial charge in [-0.15, -0.1) is 0 Å². The minimum Gasteiger partial charge on any atom is -0.389 e. The first-order valence-electron chi connectivity index (χ1n) is 2.81. The average molecular weight is 97.2 g/mol. The predicted octanol–water partition coefficient (Wildman–Crippen LogP) is 1.27. The van der Waals surface area contributed by atoms with E-state index < -0.39 is 0 Å². The van der Waals surface area contributed by atoms with E-state index in [1.54, 1.807) is 0 Å². The van der Waals surface area contributed by atoms with Crippen molar-refractivity contribution in [3.63, 3.8) is 0 Å². The molecule has 0 aromatic carbocycles. The molecule has 0 radical (unpaired) electrons. The van der Waals surface area contributed by atoms with Gasteiger partial charge in [0.2, 0.25) is 0 Å². The van der Waals surface area contributed by atoms with Crippen LogP contribution in [-0.4, -0.2) is 6.54 Å². The van der Waals surface area contributed by atoms with Crippen LogP contribution in [0.25, 0.3) is 0 Å². The molecule has 0 unspecified atom stereocenters. The van der Waals surface area contributed by atoms with Gasteiger partial charge in [-0.25, -0.2) is 0 Å². The monoisotopic (exact) mass is 97.1 g/mol. The molecular formula is C6H11N. The topological polar surface area (TPSA) is 12.0 Å². The lowest BCUT2D eigenvalue weighted by Gasteiger charge is -2.13. The highest BCUT2D eigenvalue weighted by molar-refractivity contribution is 4.93. The first kappa shape index (κ1) is 4.69. The maximum atomic E-state index is 3.80. The van der Waals surface area contributed by atoms with Gasteiger partial charge in [0.1, 0.15) is 0 Å². The summed E-state index contributed by atoms with van der Waals surface area (Å²) in [6.07, 6.45) is 3.82. The molecule has 1 rings (SSSR count). The van der Waals surface area contributed by atoms with Crippen molar-refractivity contribution in [3.05, 3.63) is 12.3 Å². The van der Waals surface area contributed by atoms with Gasteiger partial charge in [-0.05, 0) is 19.3 Å². The third kappa shape index (κ3) is 1.22. The standard InChI is InChI=1S/C6H11N/c1-6-4-2-3-5-7-6/h7H,1-5H2. The summed E-state index contributed by atoms with van der Waals surface area (Å²) in [4.78, 5) is 0. The maximum Gasteiger partial charge on any atom is 0.0143 e. The molecule has 7 heavy (non-hydrogen) atoms. The van der Waals surface area contributed by atoms with E-state index in [1.165, 1.54) is 25.0 Å². The Bertz CT molecular complexity index is 68.2. The Morgan fingerprint density at radius 2 is 2.29 bits per heavy atom. The van der Waals surface area contributed by atoms with E-state index in [0.717, 1.165) is 6.54 Å². The fourth-order valence-electron chi connectivity index (χ4n) is 0.817. The molecule has 1 nitrogen and oxygen atoms in total. The molecule has 0 aromatic rings. The van der Waals surface area contributed by atoms with Crippen LogP contribution in [0.4, 0.5) is 0 Å². The third-order valence-corrected chi connectivity index (χ3v) is 1.28. The van der Waals surface area contributed by atoms with Crippen LogP contribution in [0.15, 0.2) is 12.3 Å². The lowest BCUT2D eigenvalue weighted by Crippen LogP contribution is -2.18. The first-order valence-corrected chi connectivity index (χ1v) is 2.81. The van der Waals surface area contributed by atoms with Crippen LogP contribution in [0, 0.1) is 0 Å². The van der Waals surface area contributed by atoms with Gasteiger partial charge in [0, 0.05) is 12.2 Å². The summed E-state index contributed by atoms with van der Waals surface area (Å²) in [7, 11) is 0. The van der Waals surface area contributed by atoms with E-state index in [4.69, 9.17) is 0 Å². The normalized spacial score (nSPS) is 21.4. The van der Waals surface area contributed by atoms with E-state index in [9.17, 15) is 0 Å². The summed E-state index contributed by atoms with van der Waals surface area (Å²) in [5.41, 5.74) is 1.21. The fraction of sp³-hybridized carbons (Fsp3) is 0.667. The Morgan fingerprint density at radius 1 is 1.43 bits per heavy atom. The van der Waals surface area contributed by atoms with E-state index in [1.807, 2.05) is 0 Å². The number of piperidine rings is 1. The summed E-state index contributed by atoms with van der Waals surface area (Å²) in [6, 6.07) is 0. The molecule has 1 heteroatoms. The molecule has 0 bridgehead atoms. The fourth-order valence-corrected chi connectivity index (χ4v) is 0.817. The van der Waals surface area contributed by atoms with Crippen molar-refractivity contribution in [1.82, 2.24) is 5.32 Å². The zero-order valence-corrected chi connectivity index (χ0v) is 4.54. The molecule has 1 saturated heterocycles. The Hall–Kier alpha value is -0.460. The summed E-state index contributed by atoms with van der Waals surface area (Å²) >= 11 is 0. The molecule has 0 atom stereocenters. The zero-order chi connectivity index (χ0) is 5.11. The molecule has 0 aliphatic carbocycles. The summed E-state index contributed by atoms with van der Waals surface area (Å²) in [5, 5.41) is 3.19. The largest absolute Gasteiger partial charge is 0.389 e. The van der Waals surface area contributed by atoms with Crippen molar-refractivity contribution in [2.75, 3.05) is 6.54 Å². The lowest BCUT2D eigenvalue weighted by atomic mass is 10.1. The molecule has 1 aliphatic rings. The SMILES string of the molecule is C=C1CCCCN1. The van der Waals surface area contributed by atoms with Crippen molar-refractivity contribution >= 4 is 0 Å². The Labute approximate surface area is 44.4 Å². The van der Waals surface area contributed by atoms with Gasteiger partial charge in [-0.2, -0.15) is 0 Å². The van der Waals surface area contributed by atoms with E-state index in [2.05, 4.69) is 11.9 Å². The van der Waals surface area contributed by atoms with Gasteiger partial charge in [0.05, 0.1) is 0 Å². The number of hydrogen-bond donors (Lipinski definition) is 1. The van der Waals surface area contributed by atoms with E-state index >= 15 is 0 Å². The number of rotatable bonds is 0. The molecule has 1 aliphatic heterocycles. The second-order valence-electron chi connectivity index (χ2n) is 1.99. The summed E-state index contributed by atoms with van der Waals surface area (Å²) in [5.74, 6) is 0. The van der Waals surface area contributed by atoms with Crippen molar-refractivity contribution in [3.8, 4) is 0 Å². The van der Waals surface area contributed by atoms with Crippen LogP contribution in [-0.2, 0) is 0 Å². The van der Waals surface area contributed by atoms with Crippen LogP contribution in [0.2, 0.25) is 0 Å². The number of nitrogens with one attached hydrogen (secondary N) is 1. The third-order valence-electron chi connectivity index (χ3n) is 1.28. The highest BCUT2D eigenvalue weighted by Gasteiger charge is 1.98. The van der Waals surface area contributed by atoms with Crippen LogP contribution in [0.5, 0.6) is 0 Å². The maximum absolute atomic E-state index is 3.80. The lowest BCUT2D eigenvalue weighted by molar-refractivity contribution is 0.590. The van der Waals surface area contributed by atoms with Gasteiger partial charge in [-0.1, -0.05) is 6.58 Å². The van der Waals surface area contributed by atoms with E-state index in [0.29, 0.717) is 0 Å². The number of hydrogen-bond acceptors (Lipinski definition) is 1. The molecule has 0 amide bonds. The Balaban J connectivity index is 2.25. The van der Waals surface area contributed by atoms with Crippen molar-refractivity contribution in [1.29, 1.82) is 0 Å². The van der Waals surface area contributed by atoms with Gasteiger partial charge in [-0.3, -0.25) is 0 Å². The molecule has 0 aromatic heterocycles. The molecule has 1 heterocycles. The predicted molar refractivity (Wildman–Crippen MR) is 31.0 cm³/mol. The summed E-state index contributed by atoms with van der Waals surface area (Å²) < 4.78 is 0. The van der Waals surface area contributed by atoms with Crippen LogP contribution >= 0.6 is 0 Å². The second-order valence-corrected chi connectivity index (χ2v) is 1.99. The molecular weight excluding hydrogens is 86.1 g/mol. The summed E-state index contributed by atoms with van der Waals surface area (Å²) in [6.45, 7) is 4.94. The number of allylic oxidation sites excluding steroid dienone is 1. The van der Waals surface area contributed by atoms with Gasteiger partial charge in [0.15, 0.2) is 0 Å². The van der Waals surface area contributed by atoms with Crippen LogP contribution in [0.3, 0.4) is 0 Å². The highest BCUT2D eigenvalue weighted by atomic mass is 14.9. The Kier molecular flexibility index (Phi) is 1.35. The van der Waals surface area contributed by atoms with Gasteiger partial charge < -0.3 is 5.32 Å². The molecule has 1 N–H and O–H groups in total. The second kappa shape index (κ2) is 2.01. The molecule has 40 valence electrons. The minimum absolute atomic E-state index is 1.14. The van der Waals surface area contributed by atoms with Crippen molar-refractivity contribution in [2.24, 2.45) is 0 Å². The van der Waals surface area contributed by atoms with Crippen molar-refractivity contribution in [2.45, 2.75) is 19.3 Å².